The molecule has 2 saturated carbocycles. The number of ether oxygens (including phenoxy) is 1. The monoisotopic (exact) mass is 518 g/mol. The topological polar surface area (TPSA) is 74.8 Å². The third kappa shape index (κ3) is 7.64. The Morgan fingerprint density at radius 1 is 1.21 bits per heavy atom. The van der Waals surface area contributed by atoms with Crippen molar-refractivity contribution in [2.24, 2.45) is 10.9 Å². The van der Waals surface area contributed by atoms with Crippen LogP contribution in [0.5, 0.6) is 5.75 Å². The summed E-state index contributed by atoms with van der Waals surface area (Å²) >= 11 is 0. The number of hydrogen-bond acceptors (Lipinski definition) is 3. The first-order valence-corrected chi connectivity index (χ1v) is 10.2. The zero-order valence-corrected chi connectivity index (χ0v) is 19.4. The van der Waals surface area contributed by atoms with Crippen LogP contribution in [0.2, 0.25) is 0 Å². The molecule has 2 aliphatic carbocycles. The summed E-state index contributed by atoms with van der Waals surface area (Å²) in [5.41, 5.74) is 0. The zero-order chi connectivity index (χ0) is 19.9. The minimum atomic E-state index is -0.366. The van der Waals surface area contributed by atoms with Gasteiger partial charge in [-0.2, -0.15) is 0 Å². The lowest BCUT2D eigenvalue weighted by molar-refractivity contribution is -0.126. The molecule has 0 bridgehead atoms. The maximum absolute atomic E-state index is 13.7. The molecular weight excluding hydrogens is 486 g/mol. The quantitative estimate of drug-likeness (QED) is 0.295. The average Bonchev–Trinajstić information content (AvgIpc) is 3.51. The Labute approximate surface area is 189 Å². The first-order valence-electron chi connectivity index (χ1n) is 10.2. The second kappa shape index (κ2) is 11.6. The van der Waals surface area contributed by atoms with Gasteiger partial charge in [0.15, 0.2) is 17.5 Å². The number of amides is 1. The van der Waals surface area contributed by atoms with E-state index < -0.39 is 0 Å². The summed E-state index contributed by atoms with van der Waals surface area (Å²) in [6, 6.07) is 7.02. The number of halogens is 2. The highest BCUT2D eigenvalue weighted by Crippen LogP contribution is 2.26. The summed E-state index contributed by atoms with van der Waals surface area (Å²) in [4.78, 5) is 16.6. The van der Waals surface area contributed by atoms with Crippen molar-refractivity contribution in [3.05, 3.63) is 30.1 Å². The molecule has 1 amide bonds. The number of aliphatic imine (C=N–C) groups is 1. The molecule has 3 rings (SSSR count). The lowest BCUT2D eigenvalue weighted by Gasteiger charge is -2.30. The van der Waals surface area contributed by atoms with Crippen molar-refractivity contribution in [2.45, 2.75) is 63.6 Å². The molecule has 0 spiro atoms. The molecule has 0 heterocycles. The first-order chi connectivity index (χ1) is 13.5. The van der Waals surface area contributed by atoms with E-state index in [4.69, 9.17) is 4.74 Å². The lowest BCUT2D eigenvalue weighted by atomic mass is 9.85. The second-order valence-electron chi connectivity index (χ2n) is 7.80. The summed E-state index contributed by atoms with van der Waals surface area (Å²) in [5.74, 6) is 0.834. The molecule has 3 atom stereocenters. The highest BCUT2D eigenvalue weighted by molar-refractivity contribution is 14.0. The molecule has 8 heteroatoms. The molecule has 2 aliphatic rings. The molecule has 0 saturated heterocycles. The third-order valence-electron chi connectivity index (χ3n) is 5.25. The Hall–Kier alpha value is -1.58. The largest absolute Gasteiger partial charge is 0.486 e. The van der Waals surface area contributed by atoms with Crippen LogP contribution in [-0.2, 0) is 4.79 Å². The minimum absolute atomic E-state index is 0. The number of benzene rings is 1. The van der Waals surface area contributed by atoms with Crippen molar-refractivity contribution < 1.29 is 13.9 Å². The van der Waals surface area contributed by atoms with Crippen molar-refractivity contribution in [2.75, 3.05) is 13.6 Å². The molecule has 0 aromatic heterocycles. The predicted octanol–water partition coefficient (Wildman–Crippen LogP) is 3.21. The minimum Gasteiger partial charge on any atom is -0.486 e. The number of hydrogen-bond donors (Lipinski definition) is 3. The first kappa shape index (κ1) is 23.7. The Morgan fingerprint density at radius 3 is 2.66 bits per heavy atom. The van der Waals surface area contributed by atoms with Crippen LogP contribution in [0.3, 0.4) is 0 Å². The van der Waals surface area contributed by atoms with Gasteiger partial charge in [0, 0.05) is 25.0 Å². The van der Waals surface area contributed by atoms with Gasteiger partial charge in [-0.05, 0) is 51.2 Å². The molecule has 162 valence electrons. The van der Waals surface area contributed by atoms with Crippen molar-refractivity contribution in [3.8, 4) is 5.75 Å². The fraction of sp³-hybridized carbons (Fsp3) is 0.619. The normalized spacial score (nSPS) is 22.8. The van der Waals surface area contributed by atoms with Crippen molar-refractivity contribution >= 4 is 35.8 Å². The lowest BCUT2D eigenvalue weighted by Crippen LogP contribution is -2.48. The SMILES string of the molecule is CN=C(NCC(C)Oc1ccccc1F)NC1CCCC(C(=O)NC2CC2)C1.I. The van der Waals surface area contributed by atoms with Crippen molar-refractivity contribution in [1.29, 1.82) is 0 Å². The van der Waals surface area contributed by atoms with Gasteiger partial charge < -0.3 is 20.7 Å². The van der Waals surface area contributed by atoms with Gasteiger partial charge in [0.2, 0.25) is 5.91 Å². The summed E-state index contributed by atoms with van der Waals surface area (Å²) in [7, 11) is 1.72. The highest BCUT2D eigenvalue weighted by Gasteiger charge is 2.31. The summed E-state index contributed by atoms with van der Waals surface area (Å²) < 4.78 is 19.3. The van der Waals surface area contributed by atoms with Crippen LogP contribution in [0.1, 0.15) is 45.4 Å². The van der Waals surface area contributed by atoms with E-state index in [1.165, 1.54) is 6.07 Å². The van der Waals surface area contributed by atoms with E-state index >= 15 is 0 Å². The van der Waals surface area contributed by atoms with Gasteiger partial charge in [0.25, 0.3) is 0 Å². The third-order valence-corrected chi connectivity index (χ3v) is 5.25. The number of carbonyl (C=O) groups excluding carboxylic acids is 1. The van der Waals surface area contributed by atoms with Crippen LogP contribution in [0, 0.1) is 11.7 Å². The standard InChI is InChI=1S/C21H31FN4O2.HI/c1-14(28-19-9-4-3-8-18(19)22)13-24-21(23-2)26-17-7-5-6-15(12-17)20(27)25-16-10-11-16;/h3-4,8-9,14-17H,5-7,10-13H2,1-2H3,(H,25,27)(H2,23,24,26);1H. The molecule has 0 radical (unpaired) electrons. The molecule has 1 aromatic rings. The number of nitrogens with one attached hydrogen (secondary N) is 3. The second-order valence-corrected chi connectivity index (χ2v) is 7.80. The Bertz CT molecular complexity index is 699. The molecule has 0 aliphatic heterocycles. The van der Waals surface area contributed by atoms with E-state index in [1.54, 1.807) is 25.2 Å². The number of nitrogens with zero attached hydrogens (tertiary/aromatic N) is 1. The summed E-state index contributed by atoms with van der Waals surface area (Å²) in [5, 5.41) is 9.77. The van der Waals surface area contributed by atoms with E-state index in [-0.39, 0.29) is 59.5 Å². The number of carbonyl (C=O) groups is 1. The zero-order valence-electron chi connectivity index (χ0n) is 17.1. The number of rotatable bonds is 7. The predicted molar refractivity (Wildman–Crippen MR) is 123 cm³/mol. The molecule has 3 unspecified atom stereocenters. The van der Waals surface area contributed by atoms with Gasteiger partial charge in [-0.15, -0.1) is 24.0 Å². The smallest absolute Gasteiger partial charge is 0.223 e. The van der Waals surface area contributed by atoms with Crippen LogP contribution in [-0.4, -0.2) is 43.6 Å². The Morgan fingerprint density at radius 2 is 1.97 bits per heavy atom. The van der Waals surface area contributed by atoms with Gasteiger partial charge in [0.05, 0.1) is 6.54 Å². The highest BCUT2D eigenvalue weighted by atomic mass is 127. The van der Waals surface area contributed by atoms with E-state index in [2.05, 4.69) is 20.9 Å². The number of para-hydroxylation sites is 1. The summed E-state index contributed by atoms with van der Waals surface area (Å²) in [6.07, 6.45) is 5.84. The number of guanidine groups is 1. The van der Waals surface area contributed by atoms with Gasteiger partial charge in [-0.1, -0.05) is 18.6 Å². The van der Waals surface area contributed by atoms with Crippen molar-refractivity contribution in [3.63, 3.8) is 0 Å². The van der Waals surface area contributed by atoms with Gasteiger partial charge in [0.1, 0.15) is 6.10 Å². The Kier molecular flexibility index (Phi) is 9.45. The van der Waals surface area contributed by atoms with Gasteiger partial charge in [-0.3, -0.25) is 9.79 Å². The molecule has 1 aromatic carbocycles. The average molecular weight is 518 g/mol. The van der Waals surface area contributed by atoms with Crippen molar-refractivity contribution in [1.82, 2.24) is 16.0 Å². The van der Waals surface area contributed by atoms with Crippen LogP contribution >= 0.6 is 24.0 Å². The summed E-state index contributed by atoms with van der Waals surface area (Å²) in [6.45, 7) is 2.37. The van der Waals surface area contributed by atoms with E-state index in [9.17, 15) is 9.18 Å². The van der Waals surface area contributed by atoms with Crippen LogP contribution in [0.15, 0.2) is 29.3 Å². The molecule has 2 fully saturated rings. The van der Waals surface area contributed by atoms with Crippen LogP contribution in [0.25, 0.3) is 0 Å². The molecule has 29 heavy (non-hydrogen) atoms. The van der Waals surface area contributed by atoms with Crippen LogP contribution < -0.4 is 20.7 Å². The maximum Gasteiger partial charge on any atom is 0.223 e. The molecular formula is C21H32FIN4O2. The van der Waals surface area contributed by atoms with Gasteiger partial charge in [-0.25, -0.2) is 4.39 Å². The van der Waals surface area contributed by atoms with E-state index in [0.29, 0.717) is 18.5 Å². The van der Waals surface area contributed by atoms with Crippen LogP contribution in [0.4, 0.5) is 4.39 Å². The Balaban J connectivity index is 0.00000300. The fourth-order valence-corrected chi connectivity index (χ4v) is 3.53. The molecule has 3 N–H and O–H groups in total. The van der Waals surface area contributed by atoms with E-state index in [0.717, 1.165) is 38.5 Å². The van der Waals surface area contributed by atoms with Gasteiger partial charge >= 0.3 is 0 Å². The molecule has 6 nitrogen and oxygen atoms in total. The van der Waals surface area contributed by atoms with E-state index in [1.807, 2.05) is 6.92 Å². The fourth-order valence-electron chi connectivity index (χ4n) is 3.53. The maximum atomic E-state index is 13.7.